The molecule has 1 aliphatic carbocycles. The zero-order chi connectivity index (χ0) is 8.59. The van der Waals surface area contributed by atoms with Gasteiger partial charge in [-0.2, -0.15) is 0 Å². The molecule has 62 valence electrons. The molecule has 1 aliphatic rings. The van der Waals surface area contributed by atoms with Gasteiger partial charge in [0.05, 0.1) is 0 Å². The Morgan fingerprint density at radius 3 is 2.64 bits per heavy atom. The van der Waals surface area contributed by atoms with Crippen LogP contribution in [0.1, 0.15) is 6.92 Å². The first-order valence-corrected chi connectivity index (χ1v) is 3.26. The van der Waals surface area contributed by atoms with Crippen molar-refractivity contribution in [3.63, 3.8) is 0 Å². The molecule has 0 amide bonds. The Morgan fingerprint density at radius 2 is 2.09 bits per heavy atom. The zero-order valence-corrected chi connectivity index (χ0v) is 5.99. The van der Waals surface area contributed by atoms with Crippen LogP contribution in [-0.4, -0.2) is 34.4 Å². The van der Waals surface area contributed by atoms with Gasteiger partial charge < -0.3 is 10.2 Å². The zero-order valence-electron chi connectivity index (χ0n) is 5.99. The van der Waals surface area contributed by atoms with Gasteiger partial charge in [0, 0.05) is 0 Å². The number of aliphatic hydroxyl groups is 2. The van der Waals surface area contributed by atoms with Gasteiger partial charge in [0.1, 0.15) is 12.2 Å². The highest BCUT2D eigenvalue weighted by Crippen LogP contribution is 2.18. The average molecular weight is 160 g/mol. The number of carbonyl (C=O) groups is 1. The van der Waals surface area contributed by atoms with E-state index in [9.17, 15) is 9.18 Å². The third kappa shape index (κ3) is 1.32. The lowest BCUT2D eigenvalue weighted by molar-refractivity contribution is -0.127. The molecule has 2 N–H and O–H groups in total. The number of halogens is 1. The molecule has 0 radical (unpaired) electrons. The highest BCUT2D eigenvalue weighted by Gasteiger charge is 2.35. The standard InChI is InChI=1S/C7H9FO3/c1-3-2-4(9)5(8)7(11)6(3)10/h2,5-7,10-11H,1H3/t5-,6-,7+/m1/s1. The number of hydrogen-bond acceptors (Lipinski definition) is 3. The molecule has 0 unspecified atom stereocenters. The van der Waals surface area contributed by atoms with Crippen LogP contribution in [0.25, 0.3) is 0 Å². The Morgan fingerprint density at radius 1 is 1.55 bits per heavy atom. The van der Waals surface area contributed by atoms with Gasteiger partial charge in [-0.3, -0.25) is 4.79 Å². The molecule has 0 heterocycles. The van der Waals surface area contributed by atoms with Crippen LogP contribution in [0.3, 0.4) is 0 Å². The summed E-state index contributed by atoms with van der Waals surface area (Å²) in [5.41, 5.74) is 0.302. The maximum absolute atomic E-state index is 12.6. The van der Waals surface area contributed by atoms with Crippen LogP contribution in [0.4, 0.5) is 4.39 Å². The summed E-state index contributed by atoms with van der Waals surface area (Å²) in [5.74, 6) is -0.777. The SMILES string of the molecule is CC1=CC(=O)[C@@H](F)[C@H](O)[C@@H]1O. The van der Waals surface area contributed by atoms with E-state index in [0.29, 0.717) is 5.57 Å². The molecule has 1 rings (SSSR count). The first kappa shape index (κ1) is 8.36. The van der Waals surface area contributed by atoms with E-state index in [4.69, 9.17) is 10.2 Å². The van der Waals surface area contributed by atoms with E-state index in [2.05, 4.69) is 0 Å². The van der Waals surface area contributed by atoms with Crippen molar-refractivity contribution in [2.45, 2.75) is 25.3 Å². The van der Waals surface area contributed by atoms with E-state index in [0.717, 1.165) is 6.08 Å². The number of rotatable bonds is 0. The van der Waals surface area contributed by atoms with Crippen LogP contribution in [0, 0.1) is 0 Å². The minimum atomic E-state index is -1.98. The Balaban J connectivity index is 2.92. The number of ketones is 1. The molecule has 0 spiro atoms. The molecular weight excluding hydrogens is 151 g/mol. The van der Waals surface area contributed by atoms with Gasteiger partial charge >= 0.3 is 0 Å². The van der Waals surface area contributed by atoms with Gasteiger partial charge in [0.25, 0.3) is 0 Å². The Labute approximate surface area is 63.1 Å². The largest absolute Gasteiger partial charge is 0.387 e. The van der Waals surface area contributed by atoms with Gasteiger partial charge in [-0.15, -0.1) is 0 Å². The fourth-order valence-electron chi connectivity index (χ4n) is 0.987. The normalized spacial score (nSPS) is 38.7. The molecule has 0 saturated heterocycles. The van der Waals surface area contributed by atoms with Gasteiger partial charge in [0.15, 0.2) is 12.0 Å². The summed E-state index contributed by atoms with van der Waals surface area (Å²) in [6.07, 6.45) is -3.81. The molecule has 0 aromatic heterocycles. The second-order valence-electron chi connectivity index (χ2n) is 2.63. The lowest BCUT2D eigenvalue weighted by atomic mass is 9.93. The van der Waals surface area contributed by atoms with E-state index in [1.165, 1.54) is 6.92 Å². The first-order chi connectivity index (χ1) is 5.04. The molecule has 0 aliphatic heterocycles. The van der Waals surface area contributed by atoms with Crippen molar-refractivity contribution in [3.05, 3.63) is 11.6 Å². The highest BCUT2D eigenvalue weighted by atomic mass is 19.1. The predicted octanol–water partition coefficient (Wildman–Crippen LogP) is -0.425. The second-order valence-corrected chi connectivity index (χ2v) is 2.63. The monoisotopic (exact) mass is 160 g/mol. The summed E-state index contributed by atoms with van der Waals surface area (Å²) in [4.78, 5) is 10.6. The van der Waals surface area contributed by atoms with Crippen molar-refractivity contribution in [2.24, 2.45) is 0 Å². The van der Waals surface area contributed by atoms with Gasteiger partial charge in [-0.1, -0.05) is 0 Å². The topological polar surface area (TPSA) is 57.5 Å². The van der Waals surface area contributed by atoms with Crippen molar-refractivity contribution in [3.8, 4) is 0 Å². The third-order valence-electron chi connectivity index (χ3n) is 1.73. The Kier molecular flexibility index (Phi) is 2.06. The molecule has 0 aromatic carbocycles. The van der Waals surface area contributed by atoms with E-state index in [1.54, 1.807) is 0 Å². The molecule has 3 atom stereocenters. The molecule has 0 fully saturated rings. The van der Waals surface area contributed by atoms with Crippen molar-refractivity contribution in [1.29, 1.82) is 0 Å². The molecular formula is C7H9FO3. The van der Waals surface area contributed by atoms with E-state index in [-0.39, 0.29) is 0 Å². The van der Waals surface area contributed by atoms with Gasteiger partial charge in [-0.25, -0.2) is 4.39 Å². The van der Waals surface area contributed by atoms with Crippen LogP contribution < -0.4 is 0 Å². The smallest absolute Gasteiger partial charge is 0.192 e. The molecule has 4 heteroatoms. The van der Waals surface area contributed by atoms with Crippen LogP contribution in [-0.2, 0) is 4.79 Å². The van der Waals surface area contributed by atoms with Crippen molar-refractivity contribution >= 4 is 5.78 Å². The van der Waals surface area contributed by atoms with Gasteiger partial charge in [0.2, 0.25) is 0 Å². The molecule has 3 nitrogen and oxygen atoms in total. The molecule has 11 heavy (non-hydrogen) atoms. The first-order valence-electron chi connectivity index (χ1n) is 3.26. The van der Waals surface area contributed by atoms with Crippen LogP contribution in [0.5, 0.6) is 0 Å². The quantitative estimate of drug-likeness (QED) is 0.505. The van der Waals surface area contributed by atoms with E-state index in [1.807, 2.05) is 0 Å². The fraction of sp³-hybridized carbons (Fsp3) is 0.571. The average Bonchev–Trinajstić information content (AvgIpc) is 1.97. The molecule has 0 bridgehead atoms. The number of alkyl halides is 1. The number of carbonyl (C=O) groups excluding carboxylic acids is 1. The minimum absolute atomic E-state index is 0.302. The van der Waals surface area contributed by atoms with E-state index < -0.39 is 24.2 Å². The molecule has 0 aromatic rings. The fourth-order valence-corrected chi connectivity index (χ4v) is 0.987. The van der Waals surface area contributed by atoms with Crippen molar-refractivity contribution < 1.29 is 19.4 Å². The van der Waals surface area contributed by atoms with Crippen molar-refractivity contribution in [2.75, 3.05) is 0 Å². The molecule has 0 saturated carbocycles. The third-order valence-corrected chi connectivity index (χ3v) is 1.73. The van der Waals surface area contributed by atoms with Crippen LogP contribution in [0.15, 0.2) is 11.6 Å². The number of hydrogen-bond donors (Lipinski definition) is 2. The van der Waals surface area contributed by atoms with Crippen LogP contribution >= 0.6 is 0 Å². The highest BCUT2D eigenvalue weighted by molar-refractivity contribution is 5.95. The summed E-state index contributed by atoms with van der Waals surface area (Å²) >= 11 is 0. The summed E-state index contributed by atoms with van der Waals surface area (Å²) in [5, 5.41) is 17.9. The maximum atomic E-state index is 12.6. The summed E-state index contributed by atoms with van der Waals surface area (Å²) in [7, 11) is 0. The maximum Gasteiger partial charge on any atom is 0.192 e. The lowest BCUT2D eigenvalue weighted by Gasteiger charge is -2.24. The predicted molar refractivity (Wildman–Crippen MR) is 35.7 cm³/mol. The second kappa shape index (κ2) is 2.71. The van der Waals surface area contributed by atoms with Crippen LogP contribution in [0.2, 0.25) is 0 Å². The number of aliphatic hydroxyl groups excluding tert-OH is 2. The number of allylic oxidation sites excluding steroid dienone is 1. The Hall–Kier alpha value is -0.740. The summed E-state index contributed by atoms with van der Waals surface area (Å²) in [6.45, 7) is 1.47. The lowest BCUT2D eigenvalue weighted by Crippen LogP contribution is -2.43. The van der Waals surface area contributed by atoms with Gasteiger partial charge in [-0.05, 0) is 18.6 Å². The summed E-state index contributed by atoms with van der Waals surface area (Å²) in [6, 6.07) is 0. The summed E-state index contributed by atoms with van der Waals surface area (Å²) < 4.78 is 12.6. The van der Waals surface area contributed by atoms with Crippen molar-refractivity contribution in [1.82, 2.24) is 0 Å². The minimum Gasteiger partial charge on any atom is -0.387 e. The Bertz CT molecular complexity index is 212. The van der Waals surface area contributed by atoms with E-state index >= 15 is 0 Å².